The Kier molecular flexibility index (Phi) is 3.41. The van der Waals surface area contributed by atoms with Crippen LogP contribution in [0.25, 0.3) is 0 Å². The van der Waals surface area contributed by atoms with Crippen molar-refractivity contribution in [3.63, 3.8) is 0 Å². The van der Waals surface area contributed by atoms with Gasteiger partial charge >= 0.3 is 0 Å². The fourth-order valence-electron chi connectivity index (χ4n) is 3.22. The summed E-state index contributed by atoms with van der Waals surface area (Å²) < 4.78 is 2.36. The normalized spacial score (nSPS) is 26.5. The minimum atomic E-state index is 0.670. The summed E-state index contributed by atoms with van der Waals surface area (Å²) in [5.74, 6) is 1.98. The smallest absolute Gasteiger partial charge is 0.133 e. The molecule has 1 aromatic heterocycles. The summed E-state index contributed by atoms with van der Waals surface area (Å²) in [4.78, 5) is 0. The first kappa shape index (κ1) is 11.2. The quantitative estimate of drug-likeness (QED) is 0.869. The van der Waals surface area contributed by atoms with Crippen LogP contribution >= 0.6 is 0 Å². The molecule has 0 bridgehead atoms. The molecule has 4 nitrogen and oxygen atoms in total. The Hall–Kier alpha value is -0.900. The van der Waals surface area contributed by atoms with Crippen LogP contribution in [0, 0.1) is 5.92 Å². The van der Waals surface area contributed by atoms with E-state index >= 15 is 0 Å². The van der Waals surface area contributed by atoms with E-state index < -0.39 is 0 Å². The van der Waals surface area contributed by atoms with Gasteiger partial charge in [0.1, 0.15) is 12.2 Å². The molecule has 1 aliphatic carbocycles. The van der Waals surface area contributed by atoms with E-state index in [1.807, 2.05) is 6.33 Å². The molecule has 0 spiro atoms. The molecule has 0 amide bonds. The van der Waals surface area contributed by atoms with Crippen molar-refractivity contribution in [3.05, 3.63) is 12.2 Å². The van der Waals surface area contributed by atoms with Crippen molar-refractivity contribution >= 4 is 0 Å². The predicted octanol–water partition coefficient (Wildman–Crippen LogP) is 1.94. The number of nitrogens with one attached hydrogen (secondary N) is 1. The Morgan fingerprint density at radius 3 is 2.88 bits per heavy atom. The summed E-state index contributed by atoms with van der Waals surface area (Å²) in [6, 6.07) is 0.670. The van der Waals surface area contributed by atoms with Gasteiger partial charge in [-0.3, -0.25) is 0 Å². The number of hydrogen-bond acceptors (Lipinski definition) is 3. The molecule has 1 saturated heterocycles. The lowest BCUT2D eigenvalue weighted by molar-refractivity contribution is 0.341. The SMILES string of the molecule is c1nnc(CC2CCNC2)n1C1CCCCC1. The molecule has 1 aliphatic heterocycles. The van der Waals surface area contributed by atoms with Gasteiger partial charge in [-0.25, -0.2) is 0 Å². The van der Waals surface area contributed by atoms with E-state index in [1.54, 1.807) is 0 Å². The van der Waals surface area contributed by atoms with Crippen LogP contribution in [0.15, 0.2) is 6.33 Å². The number of hydrogen-bond donors (Lipinski definition) is 1. The number of aromatic nitrogens is 3. The lowest BCUT2D eigenvalue weighted by Gasteiger charge is -2.24. The fourth-order valence-corrected chi connectivity index (χ4v) is 3.22. The molecule has 3 rings (SSSR count). The molecule has 17 heavy (non-hydrogen) atoms. The van der Waals surface area contributed by atoms with Crippen LogP contribution in [0.5, 0.6) is 0 Å². The van der Waals surface area contributed by atoms with Crippen LogP contribution in [0.4, 0.5) is 0 Å². The van der Waals surface area contributed by atoms with Gasteiger partial charge < -0.3 is 9.88 Å². The van der Waals surface area contributed by atoms with Gasteiger partial charge in [0, 0.05) is 12.5 Å². The molecular weight excluding hydrogens is 212 g/mol. The highest BCUT2D eigenvalue weighted by molar-refractivity contribution is 4.94. The maximum atomic E-state index is 4.34. The van der Waals surface area contributed by atoms with E-state index in [4.69, 9.17) is 0 Å². The molecule has 1 saturated carbocycles. The second-order valence-corrected chi connectivity index (χ2v) is 5.51. The zero-order chi connectivity index (χ0) is 11.5. The van der Waals surface area contributed by atoms with Gasteiger partial charge in [-0.2, -0.15) is 0 Å². The average molecular weight is 234 g/mol. The minimum absolute atomic E-state index is 0.670. The van der Waals surface area contributed by atoms with Crippen LogP contribution in [0.2, 0.25) is 0 Å². The van der Waals surface area contributed by atoms with E-state index in [9.17, 15) is 0 Å². The van der Waals surface area contributed by atoms with E-state index in [0.29, 0.717) is 6.04 Å². The van der Waals surface area contributed by atoms with Crippen molar-refractivity contribution in [2.45, 2.75) is 51.0 Å². The van der Waals surface area contributed by atoms with Crippen LogP contribution < -0.4 is 5.32 Å². The molecule has 1 unspecified atom stereocenters. The molecule has 1 aromatic rings. The van der Waals surface area contributed by atoms with Gasteiger partial charge in [-0.05, 0) is 38.3 Å². The van der Waals surface area contributed by atoms with Crippen LogP contribution in [-0.2, 0) is 6.42 Å². The van der Waals surface area contributed by atoms with E-state index in [1.165, 1.54) is 50.9 Å². The van der Waals surface area contributed by atoms with E-state index in [2.05, 4.69) is 20.1 Å². The molecule has 2 aliphatic rings. The molecule has 0 radical (unpaired) electrons. The zero-order valence-electron chi connectivity index (χ0n) is 10.4. The maximum absolute atomic E-state index is 4.34. The molecule has 4 heteroatoms. The fraction of sp³-hybridized carbons (Fsp3) is 0.846. The molecule has 1 atom stereocenters. The highest BCUT2D eigenvalue weighted by atomic mass is 15.3. The summed E-state index contributed by atoms with van der Waals surface area (Å²) in [5, 5.41) is 11.9. The van der Waals surface area contributed by atoms with Crippen molar-refractivity contribution < 1.29 is 0 Å². The van der Waals surface area contributed by atoms with Crippen molar-refractivity contribution in [3.8, 4) is 0 Å². The molecule has 1 N–H and O–H groups in total. The van der Waals surface area contributed by atoms with E-state index in [0.717, 1.165) is 18.9 Å². The Morgan fingerprint density at radius 1 is 1.24 bits per heavy atom. The monoisotopic (exact) mass is 234 g/mol. The van der Waals surface area contributed by atoms with Gasteiger partial charge in [0.2, 0.25) is 0 Å². The third-order valence-corrected chi connectivity index (χ3v) is 4.25. The van der Waals surface area contributed by atoms with Crippen molar-refractivity contribution in [1.29, 1.82) is 0 Å². The highest BCUT2D eigenvalue weighted by Crippen LogP contribution is 2.29. The van der Waals surface area contributed by atoms with Gasteiger partial charge in [0.15, 0.2) is 0 Å². The Balaban J connectivity index is 1.69. The largest absolute Gasteiger partial charge is 0.316 e. The summed E-state index contributed by atoms with van der Waals surface area (Å²) in [5.41, 5.74) is 0. The molecular formula is C13H22N4. The van der Waals surface area contributed by atoms with Gasteiger partial charge in [0.25, 0.3) is 0 Å². The Morgan fingerprint density at radius 2 is 2.12 bits per heavy atom. The van der Waals surface area contributed by atoms with Gasteiger partial charge in [-0.15, -0.1) is 10.2 Å². The van der Waals surface area contributed by atoms with Crippen LogP contribution in [0.1, 0.15) is 50.4 Å². The molecule has 0 aromatic carbocycles. The van der Waals surface area contributed by atoms with Gasteiger partial charge in [0.05, 0.1) is 0 Å². The first-order valence-corrected chi connectivity index (χ1v) is 7.02. The predicted molar refractivity (Wildman–Crippen MR) is 66.8 cm³/mol. The molecule has 94 valence electrons. The average Bonchev–Trinajstić information content (AvgIpc) is 3.02. The standard InChI is InChI=1S/C13H22N4/c1-2-4-12(5-3-1)17-10-15-16-13(17)8-11-6-7-14-9-11/h10-12,14H,1-9H2. The second kappa shape index (κ2) is 5.17. The van der Waals surface area contributed by atoms with Crippen molar-refractivity contribution in [2.24, 2.45) is 5.92 Å². The van der Waals surface area contributed by atoms with E-state index in [-0.39, 0.29) is 0 Å². The first-order chi connectivity index (χ1) is 8.43. The number of rotatable bonds is 3. The van der Waals surface area contributed by atoms with Gasteiger partial charge in [-0.1, -0.05) is 19.3 Å². The van der Waals surface area contributed by atoms with Crippen LogP contribution in [0.3, 0.4) is 0 Å². The summed E-state index contributed by atoms with van der Waals surface area (Å²) in [6.07, 6.45) is 11.1. The minimum Gasteiger partial charge on any atom is -0.316 e. The third-order valence-electron chi connectivity index (χ3n) is 4.25. The van der Waals surface area contributed by atoms with Crippen LogP contribution in [-0.4, -0.2) is 27.9 Å². The first-order valence-electron chi connectivity index (χ1n) is 7.02. The Bertz CT molecular complexity index is 348. The topological polar surface area (TPSA) is 42.7 Å². The second-order valence-electron chi connectivity index (χ2n) is 5.51. The van der Waals surface area contributed by atoms with Crippen molar-refractivity contribution in [1.82, 2.24) is 20.1 Å². The molecule has 2 fully saturated rings. The zero-order valence-corrected chi connectivity index (χ0v) is 10.4. The molecule has 2 heterocycles. The van der Waals surface area contributed by atoms with Crippen molar-refractivity contribution in [2.75, 3.05) is 13.1 Å². The Labute approximate surface area is 103 Å². The third kappa shape index (κ3) is 2.51. The maximum Gasteiger partial charge on any atom is 0.133 e. The lowest BCUT2D eigenvalue weighted by Crippen LogP contribution is -2.18. The summed E-state index contributed by atoms with van der Waals surface area (Å²) >= 11 is 0. The highest BCUT2D eigenvalue weighted by Gasteiger charge is 2.22. The summed E-state index contributed by atoms with van der Waals surface area (Å²) in [7, 11) is 0. The number of nitrogens with zero attached hydrogens (tertiary/aromatic N) is 3. The summed E-state index contributed by atoms with van der Waals surface area (Å²) in [6.45, 7) is 2.32. The lowest BCUT2D eigenvalue weighted by atomic mass is 9.95.